The molecule has 2 aliphatic carbocycles. The van der Waals surface area contributed by atoms with Gasteiger partial charge in [0, 0.05) is 6.61 Å². The molecule has 2 heteroatoms. The summed E-state index contributed by atoms with van der Waals surface area (Å²) >= 11 is 0. The van der Waals surface area contributed by atoms with Crippen molar-refractivity contribution in [3.05, 3.63) is 23.8 Å². The number of fused-ring (bicyclic) bond motifs is 1. The van der Waals surface area contributed by atoms with Crippen molar-refractivity contribution in [1.82, 2.24) is 0 Å². The van der Waals surface area contributed by atoms with Crippen LogP contribution >= 0.6 is 0 Å². The molecular weight excluding hydrogens is 272 g/mol. The van der Waals surface area contributed by atoms with Crippen molar-refractivity contribution in [2.75, 3.05) is 6.61 Å². The van der Waals surface area contributed by atoms with E-state index in [2.05, 4.69) is 20.4 Å². The van der Waals surface area contributed by atoms with Crippen molar-refractivity contribution in [3.63, 3.8) is 0 Å². The van der Waals surface area contributed by atoms with Crippen LogP contribution in [-0.2, 0) is 4.79 Å². The Hall–Kier alpha value is -0.890. The summed E-state index contributed by atoms with van der Waals surface area (Å²) in [6.45, 7) is 11.4. The summed E-state index contributed by atoms with van der Waals surface area (Å²) in [6, 6.07) is 0. The molecule has 0 aliphatic heterocycles. The number of aliphatic hydroxyl groups is 1. The van der Waals surface area contributed by atoms with Crippen LogP contribution in [0.4, 0.5) is 0 Å². The lowest BCUT2D eigenvalue weighted by Gasteiger charge is -2.58. The van der Waals surface area contributed by atoms with Crippen molar-refractivity contribution in [2.24, 2.45) is 22.7 Å². The molecule has 0 radical (unpaired) electrons. The number of carbonyl (C=O) groups is 1. The van der Waals surface area contributed by atoms with E-state index in [1.807, 2.05) is 6.92 Å². The average molecular weight is 304 g/mol. The zero-order valence-corrected chi connectivity index (χ0v) is 14.5. The Morgan fingerprint density at radius 3 is 2.77 bits per heavy atom. The number of aldehydes is 1. The van der Waals surface area contributed by atoms with E-state index in [9.17, 15) is 9.90 Å². The van der Waals surface area contributed by atoms with Crippen molar-refractivity contribution >= 4 is 6.29 Å². The van der Waals surface area contributed by atoms with E-state index < -0.39 is 0 Å². The van der Waals surface area contributed by atoms with Gasteiger partial charge in [-0.25, -0.2) is 0 Å². The van der Waals surface area contributed by atoms with Gasteiger partial charge in [0.15, 0.2) is 0 Å². The molecule has 22 heavy (non-hydrogen) atoms. The Labute approximate surface area is 135 Å². The second-order valence-corrected chi connectivity index (χ2v) is 8.16. The average Bonchev–Trinajstić information content (AvgIpc) is 2.46. The van der Waals surface area contributed by atoms with Crippen LogP contribution in [0.25, 0.3) is 0 Å². The second-order valence-electron chi connectivity index (χ2n) is 8.16. The zero-order valence-electron chi connectivity index (χ0n) is 14.5. The molecule has 0 aromatic rings. The lowest BCUT2D eigenvalue weighted by atomic mass is 9.47. The highest BCUT2D eigenvalue weighted by atomic mass is 16.3. The minimum Gasteiger partial charge on any atom is -0.396 e. The van der Waals surface area contributed by atoms with Gasteiger partial charge in [-0.05, 0) is 74.2 Å². The number of allylic oxidation sites excluding steroid dienone is 3. The molecule has 0 amide bonds. The summed E-state index contributed by atoms with van der Waals surface area (Å²) in [4.78, 5) is 10.6. The van der Waals surface area contributed by atoms with Crippen LogP contribution in [0.3, 0.4) is 0 Å². The molecule has 2 rings (SSSR count). The maximum Gasteiger partial charge on any atom is 0.142 e. The van der Waals surface area contributed by atoms with E-state index in [1.165, 1.54) is 24.8 Å². The number of rotatable bonds is 5. The van der Waals surface area contributed by atoms with Crippen LogP contribution in [0.1, 0.15) is 65.7 Å². The molecule has 1 N–H and O–H groups in total. The highest BCUT2D eigenvalue weighted by molar-refractivity contribution is 5.65. The maximum absolute atomic E-state index is 10.6. The van der Waals surface area contributed by atoms with Crippen molar-refractivity contribution in [2.45, 2.75) is 65.7 Å². The Morgan fingerprint density at radius 1 is 1.41 bits per heavy atom. The molecule has 0 spiro atoms. The molecule has 0 saturated heterocycles. The second kappa shape index (κ2) is 6.70. The summed E-state index contributed by atoms with van der Waals surface area (Å²) in [5, 5.41) is 9.97. The molecule has 2 fully saturated rings. The van der Waals surface area contributed by atoms with E-state index in [-0.39, 0.29) is 10.8 Å². The minimum atomic E-state index is 0.0691. The normalized spacial score (nSPS) is 39.5. The number of hydrogen-bond acceptors (Lipinski definition) is 2. The number of hydrogen-bond donors (Lipinski definition) is 1. The summed E-state index contributed by atoms with van der Waals surface area (Å²) in [5.41, 5.74) is 2.88. The fourth-order valence-electron chi connectivity index (χ4n) is 5.38. The maximum atomic E-state index is 10.6. The molecule has 4 atom stereocenters. The van der Waals surface area contributed by atoms with Crippen LogP contribution in [-0.4, -0.2) is 18.0 Å². The highest BCUT2D eigenvalue weighted by Crippen LogP contribution is 2.61. The van der Waals surface area contributed by atoms with Gasteiger partial charge >= 0.3 is 0 Å². The molecule has 124 valence electrons. The SMILES string of the molecule is C=C1CCC2[C@@](C)(CO)CCC[C@]2(C)[C@H]1CC/C(C)=C\C=O. The van der Waals surface area contributed by atoms with Crippen LogP contribution in [0.15, 0.2) is 23.8 Å². The molecule has 0 heterocycles. The van der Waals surface area contributed by atoms with E-state index >= 15 is 0 Å². The summed E-state index contributed by atoms with van der Waals surface area (Å²) < 4.78 is 0. The van der Waals surface area contributed by atoms with Crippen LogP contribution in [0.2, 0.25) is 0 Å². The highest BCUT2D eigenvalue weighted by Gasteiger charge is 2.53. The standard InChI is InChI=1S/C20H32O2/c1-15(10-13-21)6-8-17-16(2)7-9-18-19(3,14-22)11-5-12-20(17,18)4/h10,13,17-18,22H,2,5-9,11-12,14H2,1,3-4H3/b15-10-/t17-,18?,19+,20+/m0/s1. The van der Waals surface area contributed by atoms with E-state index in [1.54, 1.807) is 6.08 Å². The Bertz CT molecular complexity index is 464. The van der Waals surface area contributed by atoms with E-state index in [0.717, 1.165) is 37.5 Å². The van der Waals surface area contributed by atoms with Gasteiger partial charge in [0.2, 0.25) is 0 Å². The predicted molar refractivity (Wildman–Crippen MR) is 91.6 cm³/mol. The summed E-state index contributed by atoms with van der Waals surface area (Å²) in [6.07, 6.45) is 10.5. The molecule has 2 aliphatic rings. The van der Waals surface area contributed by atoms with Crippen molar-refractivity contribution in [3.8, 4) is 0 Å². The minimum absolute atomic E-state index is 0.0691. The van der Waals surface area contributed by atoms with Gasteiger partial charge in [0.25, 0.3) is 0 Å². The molecule has 2 saturated carbocycles. The summed E-state index contributed by atoms with van der Waals surface area (Å²) in [7, 11) is 0. The monoisotopic (exact) mass is 304 g/mol. The largest absolute Gasteiger partial charge is 0.396 e. The fraction of sp³-hybridized carbons (Fsp3) is 0.750. The quantitative estimate of drug-likeness (QED) is 0.455. The molecule has 0 bridgehead atoms. The van der Waals surface area contributed by atoms with Gasteiger partial charge in [-0.3, -0.25) is 4.79 Å². The lowest BCUT2D eigenvalue weighted by Crippen LogP contribution is -2.51. The predicted octanol–water partition coefficient (Wildman–Crippen LogP) is 4.68. The van der Waals surface area contributed by atoms with Gasteiger partial charge in [0.05, 0.1) is 0 Å². The van der Waals surface area contributed by atoms with Crippen molar-refractivity contribution < 1.29 is 9.90 Å². The lowest BCUT2D eigenvalue weighted by molar-refractivity contribution is -0.104. The Balaban J connectivity index is 2.22. The van der Waals surface area contributed by atoms with Crippen molar-refractivity contribution in [1.29, 1.82) is 0 Å². The first-order valence-corrected chi connectivity index (χ1v) is 8.77. The topological polar surface area (TPSA) is 37.3 Å². The fourth-order valence-corrected chi connectivity index (χ4v) is 5.38. The molecule has 0 aromatic carbocycles. The Kier molecular flexibility index (Phi) is 5.32. The van der Waals surface area contributed by atoms with Crippen LogP contribution in [0, 0.1) is 22.7 Å². The first-order chi connectivity index (χ1) is 10.4. The van der Waals surface area contributed by atoms with E-state index in [0.29, 0.717) is 18.4 Å². The smallest absolute Gasteiger partial charge is 0.142 e. The third kappa shape index (κ3) is 3.08. The van der Waals surface area contributed by atoms with Gasteiger partial charge in [-0.1, -0.05) is 38.0 Å². The summed E-state index contributed by atoms with van der Waals surface area (Å²) in [5.74, 6) is 1.11. The molecular formula is C20H32O2. The van der Waals surface area contributed by atoms with Gasteiger partial charge < -0.3 is 5.11 Å². The first kappa shape index (κ1) is 17.5. The Morgan fingerprint density at radius 2 is 2.14 bits per heavy atom. The molecule has 2 nitrogen and oxygen atoms in total. The number of carbonyl (C=O) groups excluding carboxylic acids is 1. The van der Waals surface area contributed by atoms with Crippen LogP contribution in [0.5, 0.6) is 0 Å². The van der Waals surface area contributed by atoms with Gasteiger partial charge in [-0.15, -0.1) is 0 Å². The first-order valence-electron chi connectivity index (χ1n) is 8.77. The molecule has 1 unspecified atom stereocenters. The van der Waals surface area contributed by atoms with Gasteiger partial charge in [-0.2, -0.15) is 0 Å². The van der Waals surface area contributed by atoms with E-state index in [4.69, 9.17) is 0 Å². The zero-order chi connectivity index (χ0) is 16.4. The van der Waals surface area contributed by atoms with Crippen LogP contribution < -0.4 is 0 Å². The third-order valence-electron chi connectivity index (χ3n) is 6.68. The third-order valence-corrected chi connectivity index (χ3v) is 6.68. The van der Waals surface area contributed by atoms with Gasteiger partial charge in [0.1, 0.15) is 6.29 Å². The molecule has 0 aromatic heterocycles. The number of aliphatic hydroxyl groups excluding tert-OH is 1.